The average molecular weight is 365 g/mol. The first-order chi connectivity index (χ1) is 12.8. The maximum Gasteiger partial charge on any atom is 0.107 e. The number of thiazole rings is 1. The first kappa shape index (κ1) is 17.3. The molecule has 3 aromatic rings. The molecule has 0 spiro atoms. The number of aromatic nitrogens is 2. The van der Waals surface area contributed by atoms with Crippen molar-refractivity contribution in [1.82, 2.24) is 14.9 Å². The van der Waals surface area contributed by atoms with Gasteiger partial charge in [-0.15, -0.1) is 11.3 Å². The topological polar surface area (TPSA) is 55.0 Å². The number of rotatable bonds is 6. The van der Waals surface area contributed by atoms with Crippen LogP contribution < -0.4 is 5.73 Å². The number of nitrogens with two attached hydrogens (primary N) is 1. The standard InChI is InChI=1S/C21H24N4S/c22-13-16-4-1-5-17(12-16)14-25(15-20-23-10-11-26-20)19-8-2-6-18-7-3-9-24-21(18)19/h1,3-5,7,9-12,19H,2,6,8,13-15,22H2. The molecule has 5 heteroatoms. The summed E-state index contributed by atoms with van der Waals surface area (Å²) in [5.74, 6) is 0. The summed E-state index contributed by atoms with van der Waals surface area (Å²) in [6.45, 7) is 2.31. The van der Waals surface area contributed by atoms with E-state index in [2.05, 4.69) is 51.7 Å². The van der Waals surface area contributed by atoms with Gasteiger partial charge in [-0.25, -0.2) is 4.98 Å². The van der Waals surface area contributed by atoms with E-state index in [1.165, 1.54) is 28.8 Å². The van der Waals surface area contributed by atoms with Crippen molar-refractivity contribution in [3.8, 4) is 0 Å². The van der Waals surface area contributed by atoms with Crippen molar-refractivity contribution >= 4 is 11.3 Å². The Morgan fingerprint density at radius 2 is 2.00 bits per heavy atom. The molecule has 1 unspecified atom stereocenters. The van der Waals surface area contributed by atoms with Gasteiger partial charge >= 0.3 is 0 Å². The molecule has 26 heavy (non-hydrogen) atoms. The van der Waals surface area contributed by atoms with Crippen molar-refractivity contribution in [1.29, 1.82) is 0 Å². The lowest BCUT2D eigenvalue weighted by Crippen LogP contribution is -2.31. The van der Waals surface area contributed by atoms with Crippen LogP contribution in [-0.2, 0) is 26.1 Å². The summed E-state index contributed by atoms with van der Waals surface area (Å²) in [6, 6.07) is 13.2. The van der Waals surface area contributed by atoms with Crippen LogP contribution in [0.15, 0.2) is 54.2 Å². The van der Waals surface area contributed by atoms with Crippen molar-refractivity contribution in [2.45, 2.75) is 44.9 Å². The molecule has 4 rings (SSSR count). The van der Waals surface area contributed by atoms with Crippen molar-refractivity contribution in [2.75, 3.05) is 0 Å². The maximum atomic E-state index is 5.83. The minimum atomic E-state index is 0.338. The van der Waals surface area contributed by atoms with Crippen LogP contribution >= 0.6 is 11.3 Å². The van der Waals surface area contributed by atoms with Gasteiger partial charge < -0.3 is 5.73 Å². The smallest absolute Gasteiger partial charge is 0.107 e. The van der Waals surface area contributed by atoms with E-state index in [0.29, 0.717) is 12.6 Å². The molecule has 0 fully saturated rings. The SMILES string of the molecule is NCc1cccc(CN(Cc2nccs2)C2CCCc3cccnc32)c1. The van der Waals surface area contributed by atoms with Gasteiger partial charge in [-0.3, -0.25) is 9.88 Å². The Morgan fingerprint density at radius 1 is 1.08 bits per heavy atom. The molecule has 0 bridgehead atoms. The lowest BCUT2D eigenvalue weighted by atomic mass is 9.90. The van der Waals surface area contributed by atoms with E-state index in [1.807, 2.05) is 12.4 Å². The van der Waals surface area contributed by atoms with E-state index in [4.69, 9.17) is 10.7 Å². The van der Waals surface area contributed by atoms with E-state index >= 15 is 0 Å². The molecule has 0 amide bonds. The zero-order chi connectivity index (χ0) is 17.8. The molecular weight excluding hydrogens is 340 g/mol. The molecular formula is C21H24N4S. The van der Waals surface area contributed by atoms with Gasteiger partial charge in [-0.05, 0) is 42.0 Å². The van der Waals surface area contributed by atoms with Crippen molar-refractivity contribution in [2.24, 2.45) is 5.73 Å². The molecule has 0 aliphatic heterocycles. The fraction of sp³-hybridized carbons (Fsp3) is 0.333. The van der Waals surface area contributed by atoms with Crippen LogP contribution in [0.25, 0.3) is 0 Å². The second kappa shape index (κ2) is 8.08. The zero-order valence-corrected chi connectivity index (χ0v) is 15.7. The largest absolute Gasteiger partial charge is 0.326 e. The molecule has 1 aliphatic rings. The van der Waals surface area contributed by atoms with Crippen molar-refractivity contribution < 1.29 is 0 Å². The third-order valence-corrected chi connectivity index (χ3v) is 5.81. The zero-order valence-electron chi connectivity index (χ0n) is 14.8. The quantitative estimate of drug-likeness (QED) is 0.716. The molecule has 2 N–H and O–H groups in total. The van der Waals surface area contributed by atoms with Crippen LogP contribution in [0.3, 0.4) is 0 Å². The highest BCUT2D eigenvalue weighted by Crippen LogP contribution is 2.35. The predicted molar refractivity (Wildman–Crippen MR) is 106 cm³/mol. The monoisotopic (exact) mass is 364 g/mol. The van der Waals surface area contributed by atoms with Crippen LogP contribution in [0.1, 0.15) is 46.3 Å². The highest BCUT2D eigenvalue weighted by Gasteiger charge is 2.27. The molecule has 2 aromatic heterocycles. The Balaban J connectivity index is 1.65. The number of aryl methyl sites for hydroxylation is 1. The molecule has 1 atom stereocenters. The molecule has 4 nitrogen and oxygen atoms in total. The third kappa shape index (κ3) is 3.85. The second-order valence-corrected chi connectivity index (χ2v) is 7.79. The Bertz CT molecular complexity index is 847. The summed E-state index contributed by atoms with van der Waals surface area (Å²) in [4.78, 5) is 11.8. The normalized spacial score (nSPS) is 16.6. The van der Waals surface area contributed by atoms with Gasteiger partial charge in [0, 0.05) is 30.9 Å². The lowest BCUT2D eigenvalue weighted by molar-refractivity contribution is 0.157. The van der Waals surface area contributed by atoms with E-state index in [1.54, 1.807) is 11.3 Å². The molecule has 0 saturated heterocycles. The Hall–Kier alpha value is -2.08. The third-order valence-electron chi connectivity index (χ3n) is 5.04. The van der Waals surface area contributed by atoms with E-state index < -0.39 is 0 Å². The Kier molecular flexibility index (Phi) is 5.39. The summed E-state index contributed by atoms with van der Waals surface area (Å²) < 4.78 is 0. The molecule has 1 aliphatic carbocycles. The fourth-order valence-electron chi connectivity index (χ4n) is 3.81. The predicted octanol–water partition coefficient (Wildman–Crippen LogP) is 4.08. The van der Waals surface area contributed by atoms with Crippen molar-refractivity contribution in [3.05, 3.63) is 81.6 Å². The summed E-state index contributed by atoms with van der Waals surface area (Å²) in [5.41, 5.74) is 10.9. The number of benzene rings is 1. The highest BCUT2D eigenvalue weighted by molar-refractivity contribution is 7.09. The highest BCUT2D eigenvalue weighted by atomic mass is 32.1. The van der Waals surface area contributed by atoms with Gasteiger partial charge in [0.2, 0.25) is 0 Å². The number of fused-ring (bicyclic) bond motifs is 1. The maximum absolute atomic E-state index is 5.83. The van der Waals surface area contributed by atoms with Crippen LogP contribution in [0.2, 0.25) is 0 Å². The van der Waals surface area contributed by atoms with Gasteiger partial charge in [-0.1, -0.05) is 30.3 Å². The van der Waals surface area contributed by atoms with Gasteiger partial charge in [0.1, 0.15) is 5.01 Å². The summed E-state index contributed by atoms with van der Waals surface area (Å²) in [6.07, 6.45) is 7.30. The summed E-state index contributed by atoms with van der Waals surface area (Å²) in [5, 5.41) is 3.21. The Labute approximate surface area is 158 Å². The molecule has 134 valence electrons. The van der Waals surface area contributed by atoms with E-state index in [0.717, 1.165) is 30.9 Å². The molecule has 0 radical (unpaired) electrons. The van der Waals surface area contributed by atoms with Crippen LogP contribution in [-0.4, -0.2) is 14.9 Å². The van der Waals surface area contributed by atoms with Crippen molar-refractivity contribution in [3.63, 3.8) is 0 Å². The molecule has 0 saturated carbocycles. The van der Waals surface area contributed by atoms with Crippen LogP contribution in [0.4, 0.5) is 0 Å². The molecule has 1 aromatic carbocycles. The van der Waals surface area contributed by atoms with Crippen LogP contribution in [0, 0.1) is 0 Å². The van der Waals surface area contributed by atoms with E-state index in [9.17, 15) is 0 Å². The summed E-state index contributed by atoms with van der Waals surface area (Å²) in [7, 11) is 0. The van der Waals surface area contributed by atoms with Gasteiger partial charge in [0.25, 0.3) is 0 Å². The summed E-state index contributed by atoms with van der Waals surface area (Å²) >= 11 is 1.72. The van der Waals surface area contributed by atoms with Crippen LogP contribution in [0.5, 0.6) is 0 Å². The minimum Gasteiger partial charge on any atom is -0.326 e. The first-order valence-electron chi connectivity index (χ1n) is 9.17. The van der Waals surface area contributed by atoms with Gasteiger partial charge in [-0.2, -0.15) is 0 Å². The minimum absolute atomic E-state index is 0.338. The number of hydrogen-bond donors (Lipinski definition) is 1. The fourth-order valence-corrected chi connectivity index (χ4v) is 4.45. The average Bonchev–Trinajstić information content (AvgIpc) is 3.20. The number of pyridine rings is 1. The first-order valence-corrected chi connectivity index (χ1v) is 10.1. The van der Waals surface area contributed by atoms with Gasteiger partial charge in [0.15, 0.2) is 0 Å². The number of hydrogen-bond acceptors (Lipinski definition) is 5. The second-order valence-electron chi connectivity index (χ2n) is 6.81. The van der Waals surface area contributed by atoms with Gasteiger partial charge in [0.05, 0.1) is 18.3 Å². The van der Waals surface area contributed by atoms with E-state index in [-0.39, 0.29) is 0 Å². The molecule has 2 heterocycles. The lowest BCUT2D eigenvalue weighted by Gasteiger charge is -2.34. The Morgan fingerprint density at radius 3 is 2.85 bits per heavy atom. The number of nitrogens with zero attached hydrogens (tertiary/aromatic N) is 3.